The first-order chi connectivity index (χ1) is 25.9. The van der Waals surface area contributed by atoms with Gasteiger partial charge >= 0.3 is 17.9 Å². The average molecular weight is 755 g/mol. The number of rotatable bonds is 9. The molecule has 2 N–H and O–H groups in total. The smallest absolute Gasteiger partial charge is 0.306 e. The van der Waals surface area contributed by atoms with Crippen molar-refractivity contribution >= 4 is 39.5 Å². The number of carbonyl (C=O) groups excluding carboxylic acids is 3. The standard InChI is InChI=1S/C47H62O8/c1-28(22-43(52)55-44(2,3)4)36-16-17-37-46(36,6)40(49)26-38-45(5)21-20-32(24-31(45)25-39(48)47(37,38)7)54-42(51)19-18-41(50)53-27-35-33-14-10-8-12-29(33)23-30-13-9-11-15-34(30)35/h8-15,23,28,31-32,36-40,48-49H,16-22,24-27H2,1-7H3/t28-,31+,32-,36-,37-,38-,39-,40+,45+,46-,47+/m1/s1. The number of aliphatic hydroxyl groups is 2. The van der Waals surface area contributed by atoms with Gasteiger partial charge in [-0.15, -0.1) is 0 Å². The molecule has 0 unspecified atom stereocenters. The van der Waals surface area contributed by atoms with Gasteiger partial charge in [0, 0.05) is 22.8 Å². The zero-order valence-electron chi connectivity index (χ0n) is 33.9. The minimum atomic E-state index is -0.546. The van der Waals surface area contributed by atoms with E-state index >= 15 is 0 Å². The number of benzene rings is 3. The largest absolute Gasteiger partial charge is 0.462 e. The fraction of sp³-hybridized carbons (Fsp3) is 0.638. The van der Waals surface area contributed by atoms with E-state index in [1.165, 1.54) is 0 Å². The van der Waals surface area contributed by atoms with Crippen molar-refractivity contribution in [2.75, 3.05) is 0 Å². The third-order valence-electron chi connectivity index (χ3n) is 15.2. The molecule has 3 aromatic carbocycles. The number of aliphatic hydroxyl groups excluding tert-OH is 2. The Balaban J connectivity index is 0.955. The normalized spacial score (nSPS) is 35.0. The first kappa shape index (κ1) is 39.7. The summed E-state index contributed by atoms with van der Waals surface area (Å²) in [6.45, 7) is 14.7. The topological polar surface area (TPSA) is 119 Å². The number of hydrogen-bond acceptors (Lipinski definition) is 8. The highest BCUT2D eigenvalue weighted by atomic mass is 16.6. The van der Waals surface area contributed by atoms with Crippen LogP contribution < -0.4 is 0 Å². The lowest BCUT2D eigenvalue weighted by molar-refractivity contribution is -0.252. The van der Waals surface area contributed by atoms with Crippen LogP contribution in [0.2, 0.25) is 0 Å². The number of hydrogen-bond donors (Lipinski definition) is 2. The highest BCUT2D eigenvalue weighted by Gasteiger charge is 2.70. The monoisotopic (exact) mass is 754 g/mol. The van der Waals surface area contributed by atoms with Crippen molar-refractivity contribution in [1.82, 2.24) is 0 Å². The van der Waals surface area contributed by atoms with Gasteiger partial charge in [-0.2, -0.15) is 0 Å². The summed E-state index contributed by atoms with van der Waals surface area (Å²) in [5.74, 6) is -0.430. The van der Waals surface area contributed by atoms with E-state index in [0.29, 0.717) is 32.1 Å². The maximum absolute atomic E-state index is 13.1. The predicted octanol–water partition coefficient (Wildman–Crippen LogP) is 9.09. The van der Waals surface area contributed by atoms with Crippen molar-refractivity contribution in [3.05, 3.63) is 60.2 Å². The van der Waals surface area contributed by atoms with Gasteiger partial charge in [-0.3, -0.25) is 14.4 Å². The second kappa shape index (κ2) is 14.8. The predicted molar refractivity (Wildman–Crippen MR) is 213 cm³/mol. The molecule has 298 valence electrons. The zero-order valence-corrected chi connectivity index (χ0v) is 33.9. The summed E-state index contributed by atoms with van der Waals surface area (Å²) in [4.78, 5) is 38.8. The molecule has 0 bridgehead atoms. The summed E-state index contributed by atoms with van der Waals surface area (Å²) in [7, 11) is 0. The highest BCUT2D eigenvalue weighted by molar-refractivity contribution is 6.02. The van der Waals surface area contributed by atoms with Gasteiger partial charge < -0.3 is 24.4 Å². The molecule has 0 amide bonds. The molecule has 0 heterocycles. The lowest BCUT2D eigenvalue weighted by Gasteiger charge is -2.68. The molecule has 8 nitrogen and oxygen atoms in total. The van der Waals surface area contributed by atoms with E-state index in [2.05, 4.69) is 45.9 Å². The van der Waals surface area contributed by atoms with Crippen LogP contribution in [0.5, 0.6) is 0 Å². The van der Waals surface area contributed by atoms with Crippen molar-refractivity contribution in [3.8, 4) is 0 Å². The van der Waals surface area contributed by atoms with Crippen molar-refractivity contribution in [1.29, 1.82) is 0 Å². The molecule has 0 spiro atoms. The molecular weight excluding hydrogens is 693 g/mol. The van der Waals surface area contributed by atoms with Crippen LogP contribution in [0.25, 0.3) is 21.5 Å². The van der Waals surface area contributed by atoms with Crippen LogP contribution in [0.1, 0.15) is 118 Å². The Labute approximate surface area is 326 Å². The van der Waals surface area contributed by atoms with E-state index < -0.39 is 35.2 Å². The van der Waals surface area contributed by atoms with Gasteiger partial charge in [0.1, 0.15) is 18.3 Å². The SMILES string of the molecule is C[C@H](CC(=O)OC(C)(C)C)[C@H]1CC[C@@H]2[C@]1(C)[C@@H](O)C[C@@H]1[C@@]3(C)CC[C@@H](OC(=O)CCC(=O)OCc4c5ccccc5cc5ccccc45)C[C@H]3C[C@@H](O)[C@@]21C. The molecule has 4 saturated carbocycles. The summed E-state index contributed by atoms with van der Waals surface area (Å²) < 4.78 is 17.4. The van der Waals surface area contributed by atoms with E-state index in [9.17, 15) is 24.6 Å². The van der Waals surface area contributed by atoms with E-state index in [1.54, 1.807) is 0 Å². The Morgan fingerprint density at radius 2 is 1.40 bits per heavy atom. The maximum atomic E-state index is 13.1. The van der Waals surface area contributed by atoms with Crippen LogP contribution in [0.3, 0.4) is 0 Å². The lowest BCUT2D eigenvalue weighted by atomic mass is 9.38. The maximum Gasteiger partial charge on any atom is 0.306 e. The van der Waals surface area contributed by atoms with E-state index in [4.69, 9.17) is 14.2 Å². The van der Waals surface area contributed by atoms with Crippen molar-refractivity contribution < 1.29 is 38.8 Å². The quantitative estimate of drug-likeness (QED) is 0.126. The Morgan fingerprint density at radius 1 is 0.782 bits per heavy atom. The van der Waals surface area contributed by atoms with Crippen LogP contribution in [0.4, 0.5) is 0 Å². The number of ether oxygens (including phenoxy) is 3. The Morgan fingerprint density at radius 3 is 2.05 bits per heavy atom. The summed E-state index contributed by atoms with van der Waals surface area (Å²) in [5, 5.41) is 28.5. The third-order valence-corrected chi connectivity index (χ3v) is 15.2. The molecule has 8 heteroatoms. The van der Waals surface area contributed by atoms with Gasteiger partial charge in [-0.1, -0.05) is 76.2 Å². The van der Waals surface area contributed by atoms with Crippen molar-refractivity contribution in [3.63, 3.8) is 0 Å². The molecule has 0 radical (unpaired) electrons. The fourth-order valence-corrected chi connectivity index (χ4v) is 12.6. The molecule has 0 saturated heterocycles. The van der Waals surface area contributed by atoms with Crippen molar-refractivity contribution in [2.45, 2.75) is 143 Å². The van der Waals surface area contributed by atoms with E-state index in [1.807, 2.05) is 57.2 Å². The second-order valence-electron chi connectivity index (χ2n) is 19.3. The van der Waals surface area contributed by atoms with E-state index in [0.717, 1.165) is 46.4 Å². The van der Waals surface area contributed by atoms with Crippen LogP contribution in [-0.2, 0) is 35.2 Å². The summed E-state index contributed by atoms with van der Waals surface area (Å²) in [6.07, 6.45) is 4.18. The summed E-state index contributed by atoms with van der Waals surface area (Å²) >= 11 is 0. The number of fused-ring (bicyclic) bond motifs is 7. The molecule has 4 aliphatic carbocycles. The first-order valence-electron chi connectivity index (χ1n) is 20.8. The van der Waals surface area contributed by atoms with Gasteiger partial charge in [-0.25, -0.2) is 0 Å². The second-order valence-corrected chi connectivity index (χ2v) is 19.3. The Kier molecular flexibility index (Phi) is 10.7. The molecular formula is C47H62O8. The van der Waals surface area contributed by atoms with Gasteiger partial charge in [0.2, 0.25) is 0 Å². The van der Waals surface area contributed by atoms with Gasteiger partial charge in [0.05, 0.1) is 25.0 Å². The molecule has 7 rings (SSSR count). The summed E-state index contributed by atoms with van der Waals surface area (Å²) in [6, 6.07) is 18.3. The number of carbonyl (C=O) groups is 3. The lowest BCUT2D eigenvalue weighted by Crippen LogP contribution is -2.67. The third kappa shape index (κ3) is 7.20. The van der Waals surface area contributed by atoms with Crippen LogP contribution in [0.15, 0.2) is 54.6 Å². The minimum absolute atomic E-state index is 0.0448. The minimum Gasteiger partial charge on any atom is -0.462 e. The van der Waals surface area contributed by atoms with Gasteiger partial charge in [0.25, 0.3) is 0 Å². The fourth-order valence-electron chi connectivity index (χ4n) is 12.6. The molecule has 3 aromatic rings. The molecule has 0 aromatic heterocycles. The molecule has 0 aliphatic heterocycles. The Hall–Kier alpha value is -3.49. The van der Waals surface area contributed by atoms with Gasteiger partial charge in [0.15, 0.2) is 0 Å². The molecule has 4 aliphatic rings. The average Bonchev–Trinajstić information content (AvgIpc) is 3.50. The molecule has 55 heavy (non-hydrogen) atoms. The van der Waals surface area contributed by atoms with Crippen LogP contribution in [0, 0.1) is 45.8 Å². The molecule has 11 atom stereocenters. The zero-order chi connectivity index (χ0) is 39.5. The van der Waals surface area contributed by atoms with Crippen molar-refractivity contribution in [2.24, 2.45) is 45.8 Å². The van der Waals surface area contributed by atoms with Gasteiger partial charge in [-0.05, 0) is 128 Å². The summed E-state index contributed by atoms with van der Waals surface area (Å²) in [5.41, 5.74) is -0.483. The molecule has 4 fully saturated rings. The first-order valence-corrected chi connectivity index (χ1v) is 20.8. The highest BCUT2D eigenvalue weighted by Crippen LogP contribution is 2.73. The Bertz CT molecular complexity index is 1880. The van der Waals surface area contributed by atoms with Crippen LogP contribution in [-0.4, -0.2) is 52.0 Å². The van der Waals surface area contributed by atoms with E-state index in [-0.39, 0.29) is 71.9 Å². The number of esters is 3. The van der Waals surface area contributed by atoms with Crippen LogP contribution >= 0.6 is 0 Å².